The minimum Gasteiger partial charge on any atom is -0.357 e. The number of aromatic nitrogens is 1. The van der Waals surface area contributed by atoms with Gasteiger partial charge in [-0.3, -0.25) is 0 Å². The second-order valence-electron chi connectivity index (χ2n) is 6.98. The van der Waals surface area contributed by atoms with Crippen LogP contribution in [0.4, 0.5) is 10.6 Å². The number of hydrogen-bond donors (Lipinski definition) is 1. The summed E-state index contributed by atoms with van der Waals surface area (Å²) in [6.07, 6.45) is 8.51. The molecule has 0 bridgehead atoms. The number of rotatable bonds is 3. The van der Waals surface area contributed by atoms with Crippen LogP contribution in [-0.4, -0.2) is 42.1 Å². The number of hydrogen-bond acceptors (Lipinski definition) is 4. The number of pyridine rings is 1. The highest BCUT2D eigenvalue weighted by Gasteiger charge is 2.22. The zero-order valence-electron chi connectivity index (χ0n) is 14.8. The summed E-state index contributed by atoms with van der Waals surface area (Å²) in [5, 5.41) is 11.9. The van der Waals surface area contributed by atoms with E-state index < -0.39 is 0 Å². The van der Waals surface area contributed by atoms with E-state index in [1.54, 1.807) is 4.90 Å². The van der Waals surface area contributed by atoms with Crippen molar-refractivity contribution >= 4 is 11.8 Å². The van der Waals surface area contributed by atoms with Gasteiger partial charge in [-0.2, -0.15) is 5.26 Å². The Morgan fingerprint density at radius 1 is 1.16 bits per heavy atom. The van der Waals surface area contributed by atoms with Crippen LogP contribution in [0.15, 0.2) is 18.3 Å². The Hall–Kier alpha value is -2.29. The summed E-state index contributed by atoms with van der Waals surface area (Å²) < 4.78 is 0. The number of anilines is 1. The molecular formula is C19H27N5O. The van der Waals surface area contributed by atoms with Gasteiger partial charge >= 0.3 is 6.03 Å². The lowest BCUT2D eigenvalue weighted by Crippen LogP contribution is -2.44. The monoisotopic (exact) mass is 341 g/mol. The Kier molecular flexibility index (Phi) is 6.10. The van der Waals surface area contributed by atoms with Gasteiger partial charge in [0.15, 0.2) is 0 Å². The number of nitriles is 1. The van der Waals surface area contributed by atoms with Gasteiger partial charge in [-0.05, 0) is 37.3 Å². The molecule has 0 aliphatic carbocycles. The first kappa shape index (κ1) is 17.5. The maximum atomic E-state index is 12.2. The lowest BCUT2D eigenvalue weighted by Gasteiger charge is -2.29. The lowest BCUT2D eigenvalue weighted by molar-refractivity contribution is 0.178. The molecular weight excluding hydrogens is 314 g/mol. The Bertz CT molecular complexity index is 593. The third-order valence-electron chi connectivity index (χ3n) is 5.15. The fourth-order valence-corrected chi connectivity index (χ4v) is 3.51. The first-order valence-electron chi connectivity index (χ1n) is 9.38. The van der Waals surface area contributed by atoms with E-state index in [9.17, 15) is 4.79 Å². The largest absolute Gasteiger partial charge is 0.357 e. The highest BCUT2D eigenvalue weighted by Crippen LogP contribution is 2.18. The Morgan fingerprint density at radius 3 is 2.48 bits per heavy atom. The van der Waals surface area contributed by atoms with Crippen LogP contribution in [0, 0.1) is 17.2 Å². The summed E-state index contributed by atoms with van der Waals surface area (Å²) in [4.78, 5) is 21.0. The number of nitrogens with one attached hydrogen (secondary N) is 1. The van der Waals surface area contributed by atoms with Gasteiger partial charge in [-0.25, -0.2) is 9.78 Å². The predicted octanol–water partition coefficient (Wildman–Crippen LogP) is 2.91. The van der Waals surface area contributed by atoms with Crippen LogP contribution in [0.25, 0.3) is 0 Å². The molecule has 0 saturated carbocycles. The van der Waals surface area contributed by atoms with Gasteiger partial charge in [0.2, 0.25) is 0 Å². The zero-order chi connectivity index (χ0) is 17.5. The number of nitrogens with zero attached hydrogens (tertiary/aromatic N) is 4. The van der Waals surface area contributed by atoms with E-state index in [2.05, 4.69) is 33.4 Å². The molecule has 0 unspecified atom stereocenters. The maximum Gasteiger partial charge on any atom is 0.317 e. The summed E-state index contributed by atoms with van der Waals surface area (Å²) in [5.41, 5.74) is 1.01. The molecule has 0 atom stereocenters. The number of piperidine rings is 1. The second kappa shape index (κ2) is 8.70. The molecule has 0 aromatic carbocycles. The molecule has 134 valence electrons. The average Bonchev–Trinajstić information content (AvgIpc) is 2.96. The van der Waals surface area contributed by atoms with Crippen LogP contribution in [0.5, 0.6) is 0 Å². The quantitative estimate of drug-likeness (QED) is 0.917. The smallest absolute Gasteiger partial charge is 0.317 e. The van der Waals surface area contributed by atoms with Gasteiger partial charge < -0.3 is 15.1 Å². The summed E-state index contributed by atoms with van der Waals surface area (Å²) in [6, 6.07) is 6.35. The van der Waals surface area contributed by atoms with Crippen molar-refractivity contribution in [3.05, 3.63) is 23.9 Å². The van der Waals surface area contributed by atoms with E-state index in [0.717, 1.165) is 37.3 Å². The molecule has 2 aliphatic rings. The average molecular weight is 341 g/mol. The molecule has 3 rings (SSSR count). The summed E-state index contributed by atoms with van der Waals surface area (Å²) in [5.74, 6) is 1.13. The van der Waals surface area contributed by atoms with Gasteiger partial charge in [-0.1, -0.05) is 18.9 Å². The van der Waals surface area contributed by atoms with E-state index >= 15 is 0 Å². The molecule has 0 radical (unpaired) electrons. The molecule has 2 amide bonds. The van der Waals surface area contributed by atoms with Crippen LogP contribution in [0.2, 0.25) is 0 Å². The van der Waals surface area contributed by atoms with Crippen molar-refractivity contribution in [2.75, 3.05) is 31.1 Å². The summed E-state index contributed by atoms with van der Waals surface area (Å²) >= 11 is 0. The van der Waals surface area contributed by atoms with Gasteiger partial charge in [-0.15, -0.1) is 0 Å². The number of carbonyl (C=O) groups excluding carboxylic acids is 1. The highest BCUT2D eigenvalue weighted by molar-refractivity contribution is 5.74. The van der Waals surface area contributed by atoms with Crippen LogP contribution in [-0.2, 0) is 6.54 Å². The van der Waals surface area contributed by atoms with Crippen LogP contribution < -0.4 is 10.2 Å². The fourth-order valence-electron chi connectivity index (χ4n) is 3.51. The van der Waals surface area contributed by atoms with Gasteiger partial charge in [0, 0.05) is 44.8 Å². The lowest BCUT2D eigenvalue weighted by atomic mass is 9.99. The number of urea groups is 1. The topological polar surface area (TPSA) is 72.3 Å². The minimum absolute atomic E-state index is 0.0482. The molecule has 1 N–H and O–H groups in total. The Labute approximate surface area is 149 Å². The van der Waals surface area contributed by atoms with Crippen LogP contribution in [0.3, 0.4) is 0 Å². The van der Waals surface area contributed by atoms with E-state index in [-0.39, 0.29) is 11.9 Å². The SMILES string of the molecule is N#CC1CCN(C(=O)NCc2ccc(N3CCCCCC3)nc2)CC1. The van der Waals surface area contributed by atoms with E-state index in [4.69, 9.17) is 5.26 Å². The van der Waals surface area contributed by atoms with Gasteiger partial charge in [0.05, 0.1) is 6.07 Å². The molecule has 2 aliphatic heterocycles. The molecule has 1 aromatic rings. The highest BCUT2D eigenvalue weighted by atomic mass is 16.2. The Balaban J connectivity index is 1.47. The van der Waals surface area contributed by atoms with Crippen LogP contribution >= 0.6 is 0 Å². The van der Waals surface area contributed by atoms with Crippen LogP contribution in [0.1, 0.15) is 44.1 Å². The van der Waals surface area contributed by atoms with Crippen molar-refractivity contribution < 1.29 is 4.79 Å². The second-order valence-corrected chi connectivity index (χ2v) is 6.98. The normalized spacial score (nSPS) is 19.2. The molecule has 6 heteroatoms. The Morgan fingerprint density at radius 2 is 1.88 bits per heavy atom. The standard InChI is InChI=1S/C19H27N5O/c20-13-16-7-11-24(12-8-16)19(25)22-15-17-5-6-18(21-14-17)23-9-3-1-2-4-10-23/h5-6,14,16H,1-4,7-12,15H2,(H,22,25). The van der Waals surface area contributed by atoms with Crippen molar-refractivity contribution in [1.29, 1.82) is 5.26 Å². The van der Waals surface area contributed by atoms with Crippen molar-refractivity contribution in [2.45, 2.75) is 45.1 Å². The molecule has 0 spiro atoms. The third kappa shape index (κ3) is 4.85. The van der Waals surface area contributed by atoms with Crippen molar-refractivity contribution in [1.82, 2.24) is 15.2 Å². The molecule has 3 heterocycles. The van der Waals surface area contributed by atoms with Crippen molar-refractivity contribution in [3.8, 4) is 6.07 Å². The summed E-state index contributed by atoms with van der Waals surface area (Å²) in [7, 11) is 0. The van der Waals surface area contributed by atoms with Gasteiger partial charge in [0.25, 0.3) is 0 Å². The van der Waals surface area contributed by atoms with E-state index in [0.29, 0.717) is 19.6 Å². The third-order valence-corrected chi connectivity index (χ3v) is 5.15. The van der Waals surface area contributed by atoms with E-state index in [1.165, 1.54) is 25.7 Å². The van der Waals surface area contributed by atoms with Crippen molar-refractivity contribution in [3.63, 3.8) is 0 Å². The number of carbonyl (C=O) groups is 1. The zero-order valence-corrected chi connectivity index (χ0v) is 14.8. The maximum absolute atomic E-state index is 12.2. The molecule has 6 nitrogen and oxygen atoms in total. The molecule has 1 aromatic heterocycles. The molecule has 25 heavy (non-hydrogen) atoms. The summed E-state index contributed by atoms with van der Waals surface area (Å²) in [6.45, 7) is 3.99. The van der Waals surface area contributed by atoms with Crippen molar-refractivity contribution in [2.24, 2.45) is 5.92 Å². The first-order valence-corrected chi connectivity index (χ1v) is 9.38. The predicted molar refractivity (Wildman–Crippen MR) is 97.1 cm³/mol. The first-order chi connectivity index (χ1) is 12.3. The molecule has 2 saturated heterocycles. The van der Waals surface area contributed by atoms with E-state index in [1.807, 2.05) is 6.20 Å². The minimum atomic E-state index is -0.0482. The molecule has 2 fully saturated rings. The number of likely N-dealkylation sites (tertiary alicyclic amines) is 1. The fraction of sp³-hybridized carbons (Fsp3) is 0.632. The number of amides is 2. The van der Waals surface area contributed by atoms with Gasteiger partial charge in [0.1, 0.15) is 5.82 Å².